The number of carbonyl (C=O) groups is 6. The summed E-state index contributed by atoms with van der Waals surface area (Å²) in [5, 5.41) is 5.25. The number of hydrogen-bond acceptors (Lipinski definition) is 18. The highest BCUT2D eigenvalue weighted by Gasteiger charge is 2.56. The summed E-state index contributed by atoms with van der Waals surface area (Å²) >= 11 is 0. The molecule has 9 aromatic carbocycles. The maximum absolute atomic E-state index is 16.4. The first kappa shape index (κ1) is 74.3. The zero-order valence-corrected chi connectivity index (χ0v) is 63.2. The zero-order chi connectivity index (χ0) is 76.6. The number of aromatic nitrogens is 2. The van der Waals surface area contributed by atoms with Gasteiger partial charge in [-0.15, -0.1) is 0 Å². The predicted octanol–water partition coefficient (Wildman–Crippen LogP) is 15.9. The van der Waals surface area contributed by atoms with E-state index in [1.807, 2.05) is 79.7 Å². The molecule has 2 unspecified atom stereocenters. The third kappa shape index (κ3) is 13.9. The topological polar surface area (TPSA) is 251 Å². The van der Waals surface area contributed by atoms with Crippen LogP contribution in [-0.2, 0) is 48.2 Å². The molecule has 0 saturated carbocycles. The Morgan fingerprint density at radius 2 is 0.664 bits per heavy atom. The lowest BCUT2D eigenvalue weighted by Crippen LogP contribution is -2.58. The summed E-state index contributed by atoms with van der Waals surface area (Å²) in [6.07, 6.45) is -2.94. The number of nitrogens with zero attached hydrogens (tertiary/aromatic N) is 4. The minimum absolute atomic E-state index is 0.00536. The second-order valence-corrected chi connectivity index (χ2v) is 32.9. The number of imide groups is 2. The Kier molecular flexibility index (Phi) is 19.9. The molecule has 2 aliphatic rings. The fraction of sp³-hybridized carbons (Fsp3) is 0.250. The van der Waals surface area contributed by atoms with E-state index in [2.05, 4.69) is 20.6 Å². The average Bonchev–Trinajstić information content (AvgIpc) is 0.669. The Balaban J connectivity index is 1.13. The van der Waals surface area contributed by atoms with E-state index in [0.717, 1.165) is 49.4 Å². The van der Waals surface area contributed by atoms with Crippen molar-refractivity contribution in [2.75, 3.05) is 53.3 Å². The van der Waals surface area contributed by atoms with Gasteiger partial charge in [-0.25, -0.2) is 9.97 Å². The summed E-state index contributed by atoms with van der Waals surface area (Å²) in [6.45, 7) is 16.1. The fourth-order valence-electron chi connectivity index (χ4n) is 14.6. The number of nitrogens with one attached hydrogen (secondary N) is 2. The van der Waals surface area contributed by atoms with Crippen LogP contribution in [-0.4, -0.2) is 134 Å². The third-order valence-corrected chi connectivity index (χ3v) is 24.5. The van der Waals surface area contributed by atoms with Crippen LogP contribution in [0, 0.1) is 55.4 Å². The number of rotatable bonds is 24. The van der Waals surface area contributed by atoms with Gasteiger partial charge in [-0.1, -0.05) is 24.3 Å². The first-order valence-corrected chi connectivity index (χ1v) is 37.8. The Morgan fingerprint density at radius 3 is 0.935 bits per heavy atom. The van der Waals surface area contributed by atoms with E-state index in [1.54, 1.807) is 60.7 Å². The maximum Gasteiger partial charge on any atom is 0.504 e. The van der Waals surface area contributed by atoms with Gasteiger partial charge in [0, 0.05) is 110 Å². The number of aryl methyl sites for hydroxylation is 8. The summed E-state index contributed by atoms with van der Waals surface area (Å²) in [6, 6.07) is 28.0. The van der Waals surface area contributed by atoms with Crippen LogP contribution in [0.1, 0.15) is 104 Å². The number of ether oxygens (including phenoxy) is 4. The molecule has 0 aliphatic carbocycles. The van der Waals surface area contributed by atoms with Crippen molar-refractivity contribution in [2.45, 2.75) is 92.7 Å². The van der Waals surface area contributed by atoms with Crippen molar-refractivity contribution in [3.05, 3.63) is 212 Å². The highest BCUT2D eigenvalue weighted by Crippen LogP contribution is 2.58. The van der Waals surface area contributed by atoms with Crippen LogP contribution < -0.4 is 29.6 Å². The monoisotopic (exact) mass is 1490 g/mol. The lowest BCUT2D eigenvalue weighted by atomic mass is 9.80. The van der Waals surface area contributed by atoms with E-state index in [4.69, 9.17) is 45.5 Å². The largest absolute Gasteiger partial charge is 0.504 e. The van der Waals surface area contributed by atoms with Gasteiger partial charge in [0.1, 0.15) is 63.7 Å². The lowest BCUT2D eigenvalue weighted by molar-refractivity contribution is -0.177. The predicted molar refractivity (Wildman–Crippen MR) is 399 cm³/mol. The van der Waals surface area contributed by atoms with Crippen LogP contribution in [0.2, 0.25) is 0 Å². The van der Waals surface area contributed by atoms with E-state index in [1.165, 1.54) is 98.4 Å². The molecule has 2 atom stereocenters. The van der Waals surface area contributed by atoms with Crippen molar-refractivity contribution >= 4 is 108 Å². The Bertz CT molecular complexity index is 5200. The van der Waals surface area contributed by atoms with Gasteiger partial charge >= 0.3 is 23.8 Å². The van der Waals surface area contributed by atoms with Crippen LogP contribution in [0.3, 0.4) is 0 Å². The number of hydrogen-bond donors (Lipinski definition) is 2. The molecule has 22 nitrogen and oxygen atoms in total. The van der Waals surface area contributed by atoms with Crippen molar-refractivity contribution in [1.29, 1.82) is 0 Å². The molecule has 0 fully saturated rings. The van der Waals surface area contributed by atoms with Crippen molar-refractivity contribution in [1.82, 2.24) is 19.8 Å². The first-order chi connectivity index (χ1) is 50.9. The molecule has 107 heavy (non-hydrogen) atoms. The summed E-state index contributed by atoms with van der Waals surface area (Å²) in [5.74, 6) is -7.61. The molecule has 27 heteroatoms. The van der Waals surface area contributed by atoms with Crippen molar-refractivity contribution in [2.24, 2.45) is 0 Å². The third-order valence-electron chi connectivity index (χ3n) is 19.1. The zero-order valence-electron chi connectivity index (χ0n) is 61.2. The van der Waals surface area contributed by atoms with Crippen LogP contribution in [0.4, 0.5) is 24.8 Å². The molecule has 2 aliphatic heterocycles. The van der Waals surface area contributed by atoms with Gasteiger partial charge in [0.25, 0.3) is 29.5 Å². The van der Waals surface area contributed by atoms with E-state index >= 15 is 32.3 Å². The SMILES string of the molecule is CO[Si](Cc1ccnc(NC(=O)C(C)N2C(=O)c3cc(Oc4cc(C)cc(C)c4)c4c5c(Oc6cc(C)cc(C)c6)cc6c7c(cc(Oc8cc(C)cc(C)c8)c(c8c(Oc9cc(C)cc(C)c9)cc(c3c48)C2=O)c75)C(=O)N(C(C(=O)Nc2cc(C[Si](OC)(OC)OC)ccn2)C(F)(F)F)C6=O)c1)(OC)OC. The molecule has 4 heterocycles. The van der Waals surface area contributed by atoms with Crippen molar-refractivity contribution in [3.8, 4) is 46.0 Å². The van der Waals surface area contributed by atoms with E-state index in [-0.39, 0.29) is 129 Å². The minimum Gasteiger partial charge on any atom is -0.457 e. The van der Waals surface area contributed by atoms with Gasteiger partial charge in [-0.3, -0.25) is 38.6 Å². The highest BCUT2D eigenvalue weighted by atomic mass is 28.4. The smallest absolute Gasteiger partial charge is 0.457 e. The molecule has 11 aromatic rings. The fourth-order valence-corrected chi connectivity index (χ4v) is 17.9. The molecule has 0 spiro atoms. The first-order valence-electron chi connectivity index (χ1n) is 34.0. The Hall–Kier alpha value is -11.0. The quantitative estimate of drug-likeness (QED) is 0.0247. The highest BCUT2D eigenvalue weighted by molar-refractivity contribution is 6.60. The number of benzene rings is 9. The summed E-state index contributed by atoms with van der Waals surface area (Å²) in [5.41, 5.74) is 5.69. The molecule has 550 valence electrons. The number of carbonyl (C=O) groups excluding carboxylic acids is 6. The molecule has 0 saturated heterocycles. The number of pyridine rings is 2. The molecular formula is C80H75F3N6O16Si2. The number of alkyl halides is 3. The van der Waals surface area contributed by atoms with Gasteiger partial charge in [-0.2, -0.15) is 13.2 Å². The van der Waals surface area contributed by atoms with Gasteiger partial charge in [0.15, 0.2) is 0 Å². The van der Waals surface area contributed by atoms with E-state index in [9.17, 15) is 9.59 Å². The standard InChI is InChI=1S/C80H75F3N6O16Si2/c1-40-20-41(2)25-51(24-40)102-59-34-55-65-56(77(93)88(76(55)92)48(9)74(90)86-63-32-49(16-18-84-63)38-106(96-10,97-11)98-12)35-60(103-52-26-42(3)21-43(4)27-52)68-70-62(105-54-30-46(7)23-47(8)31-54)37-58-66-57(36-61(69(72(66)70)67(59)71(65)68)104-53-28-44(5)22-45(6)29-53)78(94)89(79(58)95)73(80(81,82)83)75(91)87-64-33-50(17-19-85-64)39-107(99-13,100-14)101-15/h16-37,48,73H,38-39H2,1-15H3,(H,84,86,90)(H,85,87,91). The van der Waals surface area contributed by atoms with Gasteiger partial charge in [-0.05, 0) is 215 Å². The number of amides is 6. The van der Waals surface area contributed by atoms with Gasteiger partial charge < -0.3 is 56.1 Å². The van der Waals surface area contributed by atoms with Gasteiger partial charge in [0.05, 0.1) is 22.3 Å². The molecule has 6 amide bonds. The number of halogens is 3. The molecular weight excluding hydrogens is 1410 g/mol. The maximum atomic E-state index is 16.4. The summed E-state index contributed by atoms with van der Waals surface area (Å²) in [4.78, 5) is 103. The van der Waals surface area contributed by atoms with Crippen molar-refractivity contribution < 1.29 is 87.4 Å². The Morgan fingerprint density at radius 1 is 0.393 bits per heavy atom. The molecule has 2 aromatic heterocycles. The summed E-state index contributed by atoms with van der Waals surface area (Å²) < 4.78 is 112. The second kappa shape index (κ2) is 28.7. The molecule has 0 radical (unpaired) electrons. The van der Waals surface area contributed by atoms with Crippen molar-refractivity contribution in [3.63, 3.8) is 0 Å². The van der Waals surface area contributed by atoms with Gasteiger partial charge in [0.2, 0.25) is 11.9 Å². The normalized spacial score (nSPS) is 13.9. The molecule has 13 rings (SSSR count). The molecule has 2 N–H and O–H groups in total. The average molecular weight is 1490 g/mol. The number of anilines is 2. The van der Waals surface area contributed by atoms with Crippen LogP contribution in [0.15, 0.2) is 134 Å². The lowest BCUT2D eigenvalue weighted by Gasteiger charge is -2.35. The minimum atomic E-state index is -5.66. The van der Waals surface area contributed by atoms with Crippen LogP contribution in [0.5, 0.6) is 46.0 Å². The second-order valence-electron chi connectivity index (χ2n) is 27.0. The summed E-state index contributed by atoms with van der Waals surface area (Å²) in [7, 11) is 1.97. The van der Waals surface area contributed by atoms with Crippen LogP contribution >= 0.6 is 0 Å². The molecule has 0 bridgehead atoms. The van der Waals surface area contributed by atoms with E-state index < -0.39 is 82.4 Å². The Labute approximate surface area is 615 Å². The van der Waals surface area contributed by atoms with Crippen LogP contribution in [0.25, 0.3) is 43.1 Å². The van der Waals surface area contributed by atoms with E-state index in [0.29, 0.717) is 11.1 Å². The number of fused-ring (bicyclic) bond motifs is 2.